The predicted octanol–water partition coefficient (Wildman–Crippen LogP) is 0.429. The summed E-state index contributed by atoms with van der Waals surface area (Å²) in [5.41, 5.74) is 4.12. The van der Waals surface area contributed by atoms with Gasteiger partial charge in [0.2, 0.25) is 0 Å². The summed E-state index contributed by atoms with van der Waals surface area (Å²) in [4.78, 5) is 3.82. The molecule has 3 N–H and O–H groups in total. The number of nitrogens with two attached hydrogens (primary N) is 1. The monoisotopic (exact) mass is 115 g/mol. The largest absolute Gasteiger partial charge is 0.308 e. The highest BCUT2D eigenvalue weighted by Crippen LogP contribution is 2.02. The van der Waals surface area contributed by atoms with E-state index in [1.54, 1.807) is 5.51 Å². The number of rotatable bonds is 1. The van der Waals surface area contributed by atoms with Gasteiger partial charge in [0, 0.05) is 5.38 Å². The fourth-order valence-corrected chi connectivity index (χ4v) is 0.777. The van der Waals surface area contributed by atoms with Crippen LogP contribution in [0.25, 0.3) is 0 Å². The zero-order valence-electron chi connectivity index (χ0n) is 3.59. The Kier molecular flexibility index (Phi) is 1.24. The molecule has 38 valence electrons. The molecule has 0 saturated heterocycles. The van der Waals surface area contributed by atoms with E-state index in [1.165, 1.54) is 11.3 Å². The Bertz CT molecular complexity index is 125. The molecule has 0 atom stereocenters. The number of anilines is 1. The van der Waals surface area contributed by atoms with E-state index in [-0.39, 0.29) is 0 Å². The average Bonchev–Trinajstić information content (AvgIpc) is 2.14. The number of thiazole rings is 1. The third-order valence-corrected chi connectivity index (χ3v) is 1.17. The third-order valence-electron chi connectivity index (χ3n) is 0.580. The lowest BCUT2D eigenvalue weighted by molar-refractivity contribution is 1.27. The summed E-state index contributed by atoms with van der Waals surface area (Å²) in [6.07, 6.45) is 0. The quantitative estimate of drug-likeness (QED) is 0.412. The van der Waals surface area contributed by atoms with Crippen LogP contribution in [0, 0.1) is 0 Å². The second-order valence-corrected chi connectivity index (χ2v) is 1.74. The lowest BCUT2D eigenvalue weighted by Crippen LogP contribution is -2.06. The van der Waals surface area contributed by atoms with Crippen LogP contribution in [0.2, 0.25) is 0 Å². The molecule has 3 nitrogen and oxygen atoms in total. The molecule has 0 saturated carbocycles. The molecular weight excluding hydrogens is 110 g/mol. The van der Waals surface area contributed by atoms with Crippen molar-refractivity contribution in [2.45, 2.75) is 0 Å². The standard InChI is InChI=1S/C3H5N3S/c4-6-3-1-7-2-5-3/h1-2,6H,4H2. The average molecular weight is 115 g/mol. The predicted molar refractivity (Wildman–Crippen MR) is 29.9 cm³/mol. The summed E-state index contributed by atoms with van der Waals surface area (Å²) in [5.74, 6) is 5.72. The first-order valence-electron chi connectivity index (χ1n) is 1.78. The van der Waals surface area contributed by atoms with Crippen LogP contribution in [-0.4, -0.2) is 4.98 Å². The van der Waals surface area contributed by atoms with E-state index in [1.807, 2.05) is 5.38 Å². The Balaban J connectivity index is 2.76. The highest BCUT2D eigenvalue weighted by Gasteiger charge is 1.82. The molecule has 0 spiro atoms. The fourth-order valence-electron chi connectivity index (χ4n) is 0.284. The molecule has 4 heteroatoms. The number of hydrazine groups is 1. The molecule has 0 aliphatic heterocycles. The van der Waals surface area contributed by atoms with Crippen LogP contribution in [0.1, 0.15) is 0 Å². The maximum Gasteiger partial charge on any atom is 0.150 e. The van der Waals surface area contributed by atoms with Crippen molar-refractivity contribution in [3.63, 3.8) is 0 Å². The van der Waals surface area contributed by atoms with Crippen LogP contribution >= 0.6 is 11.3 Å². The highest BCUT2D eigenvalue weighted by atomic mass is 32.1. The number of nitrogens with one attached hydrogen (secondary N) is 1. The minimum atomic E-state index is 0.727. The molecule has 0 aliphatic rings. The second kappa shape index (κ2) is 1.90. The van der Waals surface area contributed by atoms with E-state index in [4.69, 9.17) is 5.84 Å². The number of aromatic nitrogens is 1. The van der Waals surface area contributed by atoms with E-state index in [0.29, 0.717) is 0 Å². The zero-order valence-corrected chi connectivity index (χ0v) is 4.40. The van der Waals surface area contributed by atoms with Gasteiger partial charge in [0.15, 0.2) is 5.82 Å². The van der Waals surface area contributed by atoms with Gasteiger partial charge < -0.3 is 5.43 Å². The van der Waals surface area contributed by atoms with E-state index < -0.39 is 0 Å². The minimum absolute atomic E-state index is 0.727. The maximum atomic E-state index is 4.99. The molecule has 0 aliphatic carbocycles. The number of hydrogen-bond acceptors (Lipinski definition) is 4. The maximum absolute atomic E-state index is 4.99. The number of hydrogen-bond donors (Lipinski definition) is 2. The van der Waals surface area contributed by atoms with Gasteiger partial charge in [-0.05, 0) is 0 Å². The van der Waals surface area contributed by atoms with Crippen molar-refractivity contribution in [2.75, 3.05) is 5.43 Å². The van der Waals surface area contributed by atoms with Crippen molar-refractivity contribution in [1.82, 2.24) is 4.98 Å². The Hall–Kier alpha value is -0.610. The van der Waals surface area contributed by atoms with Crippen LogP contribution in [0.15, 0.2) is 10.9 Å². The molecule has 1 aromatic heterocycles. The van der Waals surface area contributed by atoms with Crippen molar-refractivity contribution >= 4 is 17.2 Å². The highest BCUT2D eigenvalue weighted by molar-refractivity contribution is 7.07. The van der Waals surface area contributed by atoms with E-state index in [0.717, 1.165) is 5.82 Å². The zero-order chi connectivity index (χ0) is 5.11. The van der Waals surface area contributed by atoms with Gasteiger partial charge in [0.05, 0.1) is 5.51 Å². The SMILES string of the molecule is NNc1cscn1. The van der Waals surface area contributed by atoms with Crippen LogP contribution < -0.4 is 11.3 Å². The topological polar surface area (TPSA) is 50.9 Å². The van der Waals surface area contributed by atoms with Crippen molar-refractivity contribution < 1.29 is 0 Å². The molecule has 1 rings (SSSR count). The van der Waals surface area contributed by atoms with Crippen molar-refractivity contribution in [3.8, 4) is 0 Å². The molecule has 0 fully saturated rings. The van der Waals surface area contributed by atoms with Gasteiger partial charge in [-0.15, -0.1) is 11.3 Å². The Labute approximate surface area is 45.2 Å². The summed E-state index contributed by atoms with van der Waals surface area (Å²) in [6.45, 7) is 0. The molecule has 0 bridgehead atoms. The summed E-state index contributed by atoms with van der Waals surface area (Å²) in [7, 11) is 0. The third kappa shape index (κ3) is 0.880. The van der Waals surface area contributed by atoms with E-state index >= 15 is 0 Å². The smallest absolute Gasteiger partial charge is 0.150 e. The summed E-state index contributed by atoms with van der Waals surface area (Å²) < 4.78 is 0. The number of nitrogen functional groups attached to an aromatic ring is 1. The Morgan fingerprint density at radius 3 is 3.00 bits per heavy atom. The fraction of sp³-hybridized carbons (Fsp3) is 0. The van der Waals surface area contributed by atoms with Crippen molar-refractivity contribution in [3.05, 3.63) is 10.9 Å². The lowest BCUT2D eigenvalue weighted by Gasteiger charge is -1.84. The van der Waals surface area contributed by atoms with Crippen LogP contribution in [-0.2, 0) is 0 Å². The van der Waals surface area contributed by atoms with E-state index in [9.17, 15) is 0 Å². The lowest BCUT2D eigenvalue weighted by atomic mass is 10.8. The van der Waals surface area contributed by atoms with Gasteiger partial charge in [-0.3, -0.25) is 0 Å². The van der Waals surface area contributed by atoms with Gasteiger partial charge in [0.25, 0.3) is 0 Å². The summed E-state index contributed by atoms with van der Waals surface area (Å²) in [5, 5.41) is 1.83. The molecule has 1 heterocycles. The first-order chi connectivity index (χ1) is 3.43. The first kappa shape index (κ1) is 4.55. The van der Waals surface area contributed by atoms with Gasteiger partial charge in [-0.2, -0.15) is 0 Å². The van der Waals surface area contributed by atoms with Gasteiger partial charge in [0.1, 0.15) is 0 Å². The van der Waals surface area contributed by atoms with Crippen molar-refractivity contribution in [2.24, 2.45) is 5.84 Å². The van der Waals surface area contributed by atoms with Crippen LogP contribution in [0.3, 0.4) is 0 Å². The molecular formula is C3H5N3S. The summed E-state index contributed by atoms with van der Waals surface area (Å²) in [6, 6.07) is 0. The van der Waals surface area contributed by atoms with Crippen LogP contribution in [0.4, 0.5) is 5.82 Å². The Morgan fingerprint density at radius 1 is 1.86 bits per heavy atom. The molecule has 0 aromatic carbocycles. The Morgan fingerprint density at radius 2 is 2.71 bits per heavy atom. The summed E-state index contributed by atoms with van der Waals surface area (Å²) >= 11 is 1.51. The molecule has 0 unspecified atom stereocenters. The first-order valence-corrected chi connectivity index (χ1v) is 2.72. The van der Waals surface area contributed by atoms with Crippen molar-refractivity contribution in [1.29, 1.82) is 0 Å². The van der Waals surface area contributed by atoms with Gasteiger partial charge >= 0.3 is 0 Å². The van der Waals surface area contributed by atoms with Gasteiger partial charge in [-0.1, -0.05) is 0 Å². The van der Waals surface area contributed by atoms with Gasteiger partial charge in [-0.25, -0.2) is 10.8 Å². The molecule has 0 amide bonds. The normalized spacial score (nSPS) is 8.71. The molecule has 7 heavy (non-hydrogen) atoms. The van der Waals surface area contributed by atoms with Crippen LogP contribution in [0.5, 0.6) is 0 Å². The number of nitrogens with zero attached hydrogens (tertiary/aromatic N) is 1. The molecule has 1 aromatic rings. The second-order valence-electron chi connectivity index (χ2n) is 1.02. The minimum Gasteiger partial charge on any atom is -0.308 e. The molecule has 0 radical (unpaired) electrons. The van der Waals surface area contributed by atoms with E-state index in [2.05, 4.69) is 10.4 Å².